The average Bonchev–Trinajstić information content (AvgIpc) is 2.79. The van der Waals surface area contributed by atoms with Crippen molar-refractivity contribution in [3.05, 3.63) is 64.7 Å². The molecule has 1 heterocycles. The molecule has 0 radical (unpaired) electrons. The molecular formula is C14H10N2O2. The molecule has 0 saturated carbocycles. The summed E-state index contributed by atoms with van der Waals surface area (Å²) in [5, 5.41) is 12.0. The molecule has 1 aromatic heterocycles. The van der Waals surface area contributed by atoms with Gasteiger partial charge in [0.05, 0.1) is 5.56 Å². The average molecular weight is 238 g/mol. The minimum absolute atomic E-state index is 0.0439. The number of benzene rings is 2. The van der Waals surface area contributed by atoms with E-state index in [2.05, 4.69) is 4.98 Å². The third-order valence-electron chi connectivity index (χ3n) is 2.93. The highest BCUT2D eigenvalue weighted by molar-refractivity contribution is 6.00. The van der Waals surface area contributed by atoms with Crippen LogP contribution in [0.15, 0.2) is 54.6 Å². The van der Waals surface area contributed by atoms with Crippen LogP contribution in [0.3, 0.4) is 0 Å². The number of hydrogen-bond acceptors (Lipinski definition) is 2. The first-order chi connectivity index (χ1) is 8.77. The number of rotatable bonds is 2. The number of fused-ring (bicyclic) bond motifs is 1. The van der Waals surface area contributed by atoms with Gasteiger partial charge in [-0.05, 0) is 22.6 Å². The Labute approximate surface area is 103 Å². The molecule has 2 aromatic carbocycles. The lowest BCUT2D eigenvalue weighted by Gasteiger charge is -1.99. The number of aromatic nitrogens is 1. The van der Waals surface area contributed by atoms with Crippen LogP contribution in [0.4, 0.5) is 5.82 Å². The zero-order valence-electron chi connectivity index (χ0n) is 9.46. The van der Waals surface area contributed by atoms with Gasteiger partial charge in [-0.15, -0.1) is 0 Å². The van der Waals surface area contributed by atoms with Gasteiger partial charge >= 0.3 is 5.82 Å². The first kappa shape index (κ1) is 10.5. The highest BCUT2D eigenvalue weighted by Gasteiger charge is 2.20. The van der Waals surface area contributed by atoms with Crippen molar-refractivity contribution in [2.24, 2.45) is 0 Å². The van der Waals surface area contributed by atoms with Gasteiger partial charge < -0.3 is 10.1 Å². The number of H-pyrrole nitrogens is 1. The third-order valence-corrected chi connectivity index (χ3v) is 2.93. The van der Waals surface area contributed by atoms with E-state index in [4.69, 9.17) is 0 Å². The Kier molecular flexibility index (Phi) is 2.34. The number of nitrogens with zero attached hydrogens (tertiary/aromatic N) is 1. The van der Waals surface area contributed by atoms with E-state index >= 15 is 0 Å². The number of para-hydroxylation sites is 1. The second-order valence-corrected chi connectivity index (χ2v) is 4.02. The topological polar surface area (TPSA) is 58.9 Å². The van der Waals surface area contributed by atoms with Crippen molar-refractivity contribution >= 4 is 16.7 Å². The summed E-state index contributed by atoms with van der Waals surface area (Å²) in [4.78, 5) is 13.6. The third kappa shape index (κ3) is 1.55. The minimum Gasteiger partial charge on any atom is -0.358 e. The molecule has 0 aliphatic rings. The molecule has 0 spiro atoms. The van der Waals surface area contributed by atoms with E-state index in [1.165, 1.54) is 0 Å². The van der Waals surface area contributed by atoms with Gasteiger partial charge in [0.25, 0.3) is 0 Å². The van der Waals surface area contributed by atoms with E-state index < -0.39 is 0 Å². The van der Waals surface area contributed by atoms with E-state index in [1.807, 2.05) is 54.6 Å². The summed E-state index contributed by atoms with van der Waals surface area (Å²) >= 11 is 0. The van der Waals surface area contributed by atoms with Crippen LogP contribution >= 0.6 is 0 Å². The molecule has 0 aliphatic heterocycles. The highest BCUT2D eigenvalue weighted by Crippen LogP contribution is 2.36. The molecule has 0 atom stereocenters. The summed E-state index contributed by atoms with van der Waals surface area (Å²) in [6.45, 7) is 0. The molecule has 1 N–H and O–H groups in total. The monoisotopic (exact) mass is 238 g/mol. The fourth-order valence-electron chi connectivity index (χ4n) is 2.16. The molecular weight excluding hydrogens is 228 g/mol. The van der Waals surface area contributed by atoms with Crippen molar-refractivity contribution < 1.29 is 4.92 Å². The van der Waals surface area contributed by atoms with Crippen molar-refractivity contribution in [2.45, 2.75) is 0 Å². The lowest BCUT2D eigenvalue weighted by Crippen LogP contribution is -1.90. The smallest absolute Gasteiger partial charge is 0.329 e. The number of nitrogens with one attached hydrogen (secondary N) is 1. The Morgan fingerprint density at radius 3 is 2.33 bits per heavy atom. The second kappa shape index (κ2) is 4.00. The SMILES string of the molecule is O=[N+]([O-])c1[nH]c2ccccc2c1-c1ccccc1. The van der Waals surface area contributed by atoms with Crippen LogP contribution in [-0.4, -0.2) is 9.91 Å². The summed E-state index contributed by atoms with van der Waals surface area (Å²) in [5.74, 6) is 0.0439. The summed E-state index contributed by atoms with van der Waals surface area (Å²) in [5.41, 5.74) is 2.28. The summed E-state index contributed by atoms with van der Waals surface area (Å²) in [7, 11) is 0. The second-order valence-electron chi connectivity index (χ2n) is 4.02. The maximum atomic E-state index is 11.1. The molecule has 0 bridgehead atoms. The van der Waals surface area contributed by atoms with Crippen LogP contribution in [0.1, 0.15) is 0 Å². The van der Waals surface area contributed by atoms with E-state index in [0.717, 1.165) is 16.5 Å². The van der Waals surface area contributed by atoms with E-state index in [0.29, 0.717) is 5.56 Å². The Hall–Kier alpha value is -2.62. The molecule has 3 aromatic rings. The summed E-state index contributed by atoms with van der Waals surface area (Å²) in [6.07, 6.45) is 0. The van der Waals surface area contributed by atoms with E-state index in [-0.39, 0.29) is 10.7 Å². The Bertz CT molecular complexity index is 717. The zero-order chi connectivity index (χ0) is 12.5. The van der Waals surface area contributed by atoms with Gasteiger partial charge in [-0.2, -0.15) is 0 Å². The largest absolute Gasteiger partial charge is 0.358 e. The molecule has 4 heteroatoms. The first-order valence-corrected chi connectivity index (χ1v) is 5.58. The first-order valence-electron chi connectivity index (χ1n) is 5.58. The maximum Gasteiger partial charge on any atom is 0.329 e. The van der Waals surface area contributed by atoms with Crippen molar-refractivity contribution in [1.29, 1.82) is 0 Å². The predicted molar refractivity (Wildman–Crippen MR) is 70.4 cm³/mol. The van der Waals surface area contributed by atoms with Gasteiger partial charge in [-0.3, -0.25) is 0 Å². The van der Waals surface area contributed by atoms with Crippen LogP contribution < -0.4 is 0 Å². The Balaban J connectivity index is 2.38. The molecule has 0 saturated heterocycles. The fraction of sp³-hybridized carbons (Fsp3) is 0. The van der Waals surface area contributed by atoms with Gasteiger partial charge in [-0.1, -0.05) is 42.5 Å². The van der Waals surface area contributed by atoms with Gasteiger partial charge in [0.2, 0.25) is 0 Å². The molecule has 0 unspecified atom stereocenters. The van der Waals surface area contributed by atoms with Crippen molar-refractivity contribution in [3.8, 4) is 11.1 Å². The van der Waals surface area contributed by atoms with Crippen LogP contribution in [0, 0.1) is 10.1 Å². The number of nitro groups is 1. The van der Waals surface area contributed by atoms with Crippen LogP contribution in [-0.2, 0) is 0 Å². The molecule has 0 fully saturated rings. The molecule has 18 heavy (non-hydrogen) atoms. The highest BCUT2D eigenvalue weighted by atomic mass is 16.6. The zero-order valence-corrected chi connectivity index (χ0v) is 9.46. The number of aromatic amines is 1. The van der Waals surface area contributed by atoms with Crippen molar-refractivity contribution in [1.82, 2.24) is 4.98 Å². The summed E-state index contributed by atoms with van der Waals surface area (Å²) < 4.78 is 0. The molecule has 4 nitrogen and oxygen atoms in total. The van der Waals surface area contributed by atoms with E-state index in [9.17, 15) is 10.1 Å². The van der Waals surface area contributed by atoms with Crippen molar-refractivity contribution in [3.63, 3.8) is 0 Å². The summed E-state index contributed by atoms with van der Waals surface area (Å²) in [6, 6.07) is 16.9. The quantitative estimate of drug-likeness (QED) is 0.546. The molecule has 88 valence electrons. The lowest BCUT2D eigenvalue weighted by molar-refractivity contribution is -0.388. The van der Waals surface area contributed by atoms with Crippen LogP contribution in [0.25, 0.3) is 22.0 Å². The van der Waals surface area contributed by atoms with E-state index in [1.54, 1.807) is 0 Å². The minimum atomic E-state index is -0.373. The van der Waals surface area contributed by atoms with Crippen LogP contribution in [0.2, 0.25) is 0 Å². The Morgan fingerprint density at radius 1 is 0.944 bits per heavy atom. The lowest BCUT2D eigenvalue weighted by atomic mass is 10.0. The van der Waals surface area contributed by atoms with Gasteiger partial charge in [0.15, 0.2) is 0 Å². The van der Waals surface area contributed by atoms with Crippen molar-refractivity contribution in [2.75, 3.05) is 0 Å². The normalized spacial score (nSPS) is 10.7. The standard InChI is InChI=1S/C14H10N2O2/c17-16(18)14-13(10-6-2-1-3-7-10)11-8-4-5-9-12(11)15-14/h1-9,15H. The maximum absolute atomic E-state index is 11.1. The van der Waals surface area contributed by atoms with Gasteiger partial charge in [0.1, 0.15) is 5.52 Å². The fourth-order valence-corrected chi connectivity index (χ4v) is 2.16. The Morgan fingerprint density at radius 2 is 1.61 bits per heavy atom. The van der Waals surface area contributed by atoms with Gasteiger partial charge in [0, 0.05) is 5.39 Å². The predicted octanol–water partition coefficient (Wildman–Crippen LogP) is 3.74. The molecule has 0 aliphatic carbocycles. The molecule has 3 rings (SSSR count). The van der Waals surface area contributed by atoms with Crippen LogP contribution in [0.5, 0.6) is 0 Å². The van der Waals surface area contributed by atoms with Gasteiger partial charge in [-0.25, -0.2) is 4.98 Å². The molecule has 0 amide bonds. The number of hydrogen-bond donors (Lipinski definition) is 1.